The van der Waals surface area contributed by atoms with Gasteiger partial charge in [-0.2, -0.15) is 5.26 Å². The molecule has 1 heterocycles. The molecule has 0 saturated heterocycles. The molecule has 1 amide bonds. The van der Waals surface area contributed by atoms with E-state index in [4.69, 9.17) is 10.00 Å². The van der Waals surface area contributed by atoms with E-state index in [2.05, 4.69) is 6.07 Å². The Morgan fingerprint density at radius 1 is 1.24 bits per heavy atom. The molecule has 0 radical (unpaired) electrons. The summed E-state index contributed by atoms with van der Waals surface area (Å²) in [6.07, 6.45) is -0.0535. The summed E-state index contributed by atoms with van der Waals surface area (Å²) in [7, 11) is 0. The highest BCUT2D eigenvalue weighted by molar-refractivity contribution is 6.07. The first-order valence-corrected chi connectivity index (χ1v) is 6.77. The van der Waals surface area contributed by atoms with Gasteiger partial charge in [0.05, 0.1) is 23.9 Å². The van der Waals surface area contributed by atoms with Gasteiger partial charge in [-0.3, -0.25) is 4.79 Å². The zero-order chi connectivity index (χ0) is 14.8. The molecule has 2 aromatic carbocycles. The maximum Gasteiger partial charge on any atom is 0.258 e. The lowest BCUT2D eigenvalue weighted by molar-refractivity contribution is 0.0961. The van der Waals surface area contributed by atoms with Gasteiger partial charge in [-0.05, 0) is 43.3 Å². The van der Waals surface area contributed by atoms with Crippen LogP contribution in [-0.4, -0.2) is 18.6 Å². The van der Waals surface area contributed by atoms with E-state index in [-0.39, 0.29) is 12.0 Å². The van der Waals surface area contributed by atoms with Crippen molar-refractivity contribution in [2.24, 2.45) is 0 Å². The van der Waals surface area contributed by atoms with E-state index in [0.29, 0.717) is 17.7 Å². The molecule has 0 unspecified atom stereocenters. The van der Waals surface area contributed by atoms with Crippen molar-refractivity contribution in [2.75, 3.05) is 11.4 Å². The number of benzene rings is 2. The maximum absolute atomic E-state index is 12.7. The van der Waals surface area contributed by atoms with Crippen LogP contribution in [0.1, 0.15) is 22.8 Å². The minimum absolute atomic E-state index is 0.0535. The molecule has 0 bridgehead atoms. The van der Waals surface area contributed by atoms with Crippen LogP contribution in [0.5, 0.6) is 5.75 Å². The van der Waals surface area contributed by atoms with Crippen LogP contribution in [0.3, 0.4) is 0 Å². The Morgan fingerprint density at radius 3 is 2.67 bits per heavy atom. The van der Waals surface area contributed by atoms with Gasteiger partial charge in [0.25, 0.3) is 5.91 Å². The van der Waals surface area contributed by atoms with Crippen LogP contribution in [0.2, 0.25) is 0 Å². The number of para-hydroxylation sites is 2. The van der Waals surface area contributed by atoms with E-state index in [1.54, 1.807) is 29.2 Å². The van der Waals surface area contributed by atoms with Gasteiger partial charge in [0, 0.05) is 5.56 Å². The summed E-state index contributed by atoms with van der Waals surface area (Å²) >= 11 is 0. The molecule has 104 valence electrons. The van der Waals surface area contributed by atoms with E-state index < -0.39 is 0 Å². The standard InChI is InChI=1S/C17H14N2O2/c1-12-11-19(15-4-2-3-5-16(15)21-12)17(20)14-8-6-13(10-18)7-9-14/h2-9,12H,11H2,1H3/t12-/m1/s1. The second-order valence-corrected chi connectivity index (χ2v) is 5.00. The highest BCUT2D eigenvalue weighted by Crippen LogP contribution is 2.33. The minimum Gasteiger partial charge on any atom is -0.487 e. The van der Waals surface area contributed by atoms with Gasteiger partial charge < -0.3 is 9.64 Å². The van der Waals surface area contributed by atoms with Crippen molar-refractivity contribution in [1.29, 1.82) is 5.26 Å². The molecule has 1 atom stereocenters. The van der Waals surface area contributed by atoms with Gasteiger partial charge in [0.1, 0.15) is 11.9 Å². The van der Waals surface area contributed by atoms with Crippen LogP contribution in [0.25, 0.3) is 0 Å². The average molecular weight is 278 g/mol. The summed E-state index contributed by atoms with van der Waals surface area (Å²) in [5.41, 5.74) is 1.89. The lowest BCUT2D eigenvalue weighted by atomic mass is 10.1. The van der Waals surface area contributed by atoms with Crippen molar-refractivity contribution >= 4 is 11.6 Å². The molecule has 3 rings (SSSR count). The number of hydrogen-bond acceptors (Lipinski definition) is 3. The molecule has 0 N–H and O–H groups in total. The highest BCUT2D eigenvalue weighted by atomic mass is 16.5. The van der Waals surface area contributed by atoms with Gasteiger partial charge in [0.15, 0.2) is 0 Å². The van der Waals surface area contributed by atoms with Crippen molar-refractivity contribution in [3.8, 4) is 11.8 Å². The number of ether oxygens (including phenoxy) is 1. The average Bonchev–Trinajstić information content (AvgIpc) is 2.53. The molecule has 0 saturated carbocycles. The number of nitrogens with zero attached hydrogens (tertiary/aromatic N) is 2. The summed E-state index contributed by atoms with van der Waals surface area (Å²) in [6.45, 7) is 2.45. The van der Waals surface area contributed by atoms with Crippen molar-refractivity contribution in [2.45, 2.75) is 13.0 Å². The van der Waals surface area contributed by atoms with E-state index in [1.165, 1.54) is 0 Å². The SMILES string of the molecule is C[C@@H]1CN(C(=O)c2ccc(C#N)cc2)c2ccccc2O1. The maximum atomic E-state index is 12.7. The van der Waals surface area contributed by atoms with Crippen LogP contribution in [-0.2, 0) is 0 Å². The molecule has 21 heavy (non-hydrogen) atoms. The Balaban J connectivity index is 1.96. The third-order valence-electron chi connectivity index (χ3n) is 3.43. The Labute approximate surface area is 123 Å². The van der Waals surface area contributed by atoms with Gasteiger partial charge in [-0.1, -0.05) is 12.1 Å². The Bertz CT molecular complexity index is 716. The number of anilines is 1. The minimum atomic E-state index is -0.0814. The molecular formula is C17H14N2O2. The van der Waals surface area contributed by atoms with Crippen LogP contribution in [0.4, 0.5) is 5.69 Å². The largest absolute Gasteiger partial charge is 0.487 e. The van der Waals surface area contributed by atoms with Crippen molar-refractivity contribution in [3.63, 3.8) is 0 Å². The third kappa shape index (κ3) is 2.46. The number of fused-ring (bicyclic) bond motifs is 1. The summed E-state index contributed by atoms with van der Waals surface area (Å²) < 4.78 is 5.75. The van der Waals surface area contributed by atoms with E-state index >= 15 is 0 Å². The lowest BCUT2D eigenvalue weighted by Gasteiger charge is -2.33. The summed E-state index contributed by atoms with van der Waals surface area (Å²) in [4.78, 5) is 14.4. The van der Waals surface area contributed by atoms with Gasteiger partial charge in [-0.25, -0.2) is 0 Å². The van der Waals surface area contributed by atoms with Crippen LogP contribution in [0, 0.1) is 11.3 Å². The lowest BCUT2D eigenvalue weighted by Crippen LogP contribution is -2.42. The number of amides is 1. The summed E-state index contributed by atoms with van der Waals surface area (Å²) in [6, 6.07) is 16.2. The number of carbonyl (C=O) groups is 1. The van der Waals surface area contributed by atoms with Crippen molar-refractivity contribution in [1.82, 2.24) is 0 Å². The first kappa shape index (κ1) is 13.2. The highest BCUT2D eigenvalue weighted by Gasteiger charge is 2.27. The van der Waals surface area contributed by atoms with Gasteiger partial charge >= 0.3 is 0 Å². The second kappa shape index (κ2) is 5.29. The van der Waals surface area contributed by atoms with Crippen LogP contribution >= 0.6 is 0 Å². The first-order chi connectivity index (χ1) is 10.2. The monoisotopic (exact) mass is 278 g/mol. The number of rotatable bonds is 1. The molecule has 1 aliphatic rings. The number of hydrogen-bond donors (Lipinski definition) is 0. The number of carbonyl (C=O) groups excluding carboxylic acids is 1. The van der Waals surface area contributed by atoms with E-state index in [9.17, 15) is 4.79 Å². The smallest absolute Gasteiger partial charge is 0.258 e. The normalized spacial score (nSPS) is 16.6. The Hall–Kier alpha value is -2.80. The molecule has 0 spiro atoms. The molecule has 0 fully saturated rings. The molecule has 1 aliphatic heterocycles. The predicted octanol–water partition coefficient (Wildman–Crippen LogP) is 2.99. The van der Waals surface area contributed by atoms with Crippen molar-refractivity contribution in [3.05, 3.63) is 59.7 Å². The van der Waals surface area contributed by atoms with Gasteiger partial charge in [-0.15, -0.1) is 0 Å². The quantitative estimate of drug-likeness (QED) is 0.805. The van der Waals surface area contributed by atoms with Crippen molar-refractivity contribution < 1.29 is 9.53 Å². The first-order valence-electron chi connectivity index (χ1n) is 6.77. The zero-order valence-corrected chi connectivity index (χ0v) is 11.6. The third-order valence-corrected chi connectivity index (χ3v) is 3.43. The zero-order valence-electron chi connectivity index (χ0n) is 11.6. The second-order valence-electron chi connectivity index (χ2n) is 5.00. The molecule has 4 heteroatoms. The molecular weight excluding hydrogens is 264 g/mol. The fourth-order valence-corrected chi connectivity index (χ4v) is 2.42. The Kier molecular flexibility index (Phi) is 3.33. The topological polar surface area (TPSA) is 53.3 Å². The fourth-order valence-electron chi connectivity index (χ4n) is 2.42. The van der Waals surface area contributed by atoms with Crippen LogP contribution < -0.4 is 9.64 Å². The van der Waals surface area contributed by atoms with E-state index in [1.807, 2.05) is 31.2 Å². The van der Waals surface area contributed by atoms with E-state index in [0.717, 1.165) is 11.4 Å². The summed E-state index contributed by atoms with van der Waals surface area (Å²) in [5.74, 6) is 0.639. The number of nitriles is 1. The predicted molar refractivity (Wildman–Crippen MR) is 79.4 cm³/mol. The molecule has 4 nitrogen and oxygen atoms in total. The Morgan fingerprint density at radius 2 is 1.95 bits per heavy atom. The fraction of sp³-hybridized carbons (Fsp3) is 0.176. The molecule has 2 aromatic rings. The molecule has 0 aromatic heterocycles. The van der Waals surface area contributed by atoms with Gasteiger partial charge in [0.2, 0.25) is 0 Å². The van der Waals surface area contributed by atoms with Crippen LogP contribution in [0.15, 0.2) is 48.5 Å². The molecule has 0 aliphatic carbocycles. The summed E-state index contributed by atoms with van der Waals surface area (Å²) in [5, 5.41) is 8.82.